The number of aromatic hydroxyl groups is 1. The van der Waals surface area contributed by atoms with Crippen LogP contribution in [0.15, 0.2) is 73.1 Å². The van der Waals surface area contributed by atoms with Crippen molar-refractivity contribution in [3.63, 3.8) is 0 Å². The van der Waals surface area contributed by atoms with Gasteiger partial charge >= 0.3 is 0 Å². The summed E-state index contributed by atoms with van der Waals surface area (Å²) in [5.74, 6) is 0.289. The molecule has 0 bridgehead atoms. The molecule has 2 aromatic carbocycles. The van der Waals surface area contributed by atoms with Crippen LogP contribution in [0.5, 0.6) is 5.75 Å². The van der Waals surface area contributed by atoms with Crippen molar-refractivity contribution in [2.45, 2.75) is 0 Å². The lowest BCUT2D eigenvalue weighted by molar-refractivity contribution is 0.475. The van der Waals surface area contributed by atoms with Crippen LogP contribution in [0.3, 0.4) is 0 Å². The number of phenolic OH excluding ortho intramolecular Hbond substituents is 1. The van der Waals surface area contributed by atoms with Gasteiger partial charge < -0.3 is 5.11 Å². The highest BCUT2D eigenvalue weighted by molar-refractivity contribution is 5.70. The number of benzene rings is 2. The maximum atomic E-state index is 9.29. The minimum atomic E-state index is 0.289. The summed E-state index contributed by atoms with van der Waals surface area (Å²) in [4.78, 5) is 4.02. The number of nitrogens with zero attached hydrogens (tertiary/aromatic N) is 1. The van der Waals surface area contributed by atoms with E-state index in [1.165, 1.54) is 5.56 Å². The minimum absolute atomic E-state index is 0.289. The van der Waals surface area contributed by atoms with Crippen LogP contribution in [0.2, 0.25) is 0 Å². The van der Waals surface area contributed by atoms with E-state index >= 15 is 0 Å². The van der Waals surface area contributed by atoms with Crippen molar-refractivity contribution < 1.29 is 5.11 Å². The molecule has 0 aliphatic rings. The predicted octanol–water partition coefficient (Wildman–Crippen LogP) is 4.12. The van der Waals surface area contributed by atoms with E-state index in [4.69, 9.17) is 0 Å². The molecule has 0 saturated carbocycles. The summed E-state index contributed by atoms with van der Waals surface area (Å²) in [6.07, 6.45) is 3.59. The first kappa shape index (κ1) is 11.5. The molecule has 0 saturated heterocycles. The Bertz CT molecular complexity index is 658. The largest absolute Gasteiger partial charge is 0.508 e. The van der Waals surface area contributed by atoms with Crippen LogP contribution in [0.4, 0.5) is 0 Å². The molecule has 2 nitrogen and oxygen atoms in total. The fraction of sp³-hybridized carbons (Fsp3) is 0. The smallest absolute Gasteiger partial charge is 0.115 e. The first-order valence-electron chi connectivity index (χ1n) is 6.13. The van der Waals surface area contributed by atoms with Crippen LogP contribution in [0.1, 0.15) is 0 Å². The van der Waals surface area contributed by atoms with Crippen molar-refractivity contribution in [1.82, 2.24) is 4.98 Å². The van der Waals surface area contributed by atoms with Crippen LogP contribution in [-0.2, 0) is 0 Å². The number of pyridine rings is 1. The van der Waals surface area contributed by atoms with Gasteiger partial charge in [0.2, 0.25) is 0 Å². The molecule has 0 amide bonds. The van der Waals surface area contributed by atoms with E-state index in [0.29, 0.717) is 0 Å². The van der Waals surface area contributed by atoms with Crippen molar-refractivity contribution in [2.24, 2.45) is 0 Å². The number of phenols is 1. The molecule has 0 atom stereocenters. The van der Waals surface area contributed by atoms with Crippen LogP contribution in [-0.4, -0.2) is 10.1 Å². The molecule has 19 heavy (non-hydrogen) atoms. The maximum Gasteiger partial charge on any atom is 0.115 e. The zero-order valence-electron chi connectivity index (χ0n) is 10.3. The second kappa shape index (κ2) is 4.94. The Kier molecular flexibility index (Phi) is 2.99. The van der Waals surface area contributed by atoms with E-state index in [-0.39, 0.29) is 5.75 Å². The Morgan fingerprint density at radius 2 is 0.895 bits per heavy atom. The highest BCUT2D eigenvalue weighted by Gasteiger charge is 2.00. The molecule has 1 heterocycles. The molecule has 92 valence electrons. The molecule has 2 heteroatoms. The van der Waals surface area contributed by atoms with Gasteiger partial charge in [-0.2, -0.15) is 0 Å². The van der Waals surface area contributed by atoms with E-state index < -0.39 is 0 Å². The average molecular weight is 247 g/mol. The topological polar surface area (TPSA) is 33.1 Å². The van der Waals surface area contributed by atoms with E-state index in [0.717, 1.165) is 16.7 Å². The molecular formula is C17H13NO. The van der Waals surface area contributed by atoms with Gasteiger partial charge in [-0.25, -0.2) is 0 Å². The normalized spacial score (nSPS) is 10.3. The third-order valence-corrected chi connectivity index (χ3v) is 3.10. The fourth-order valence-corrected chi connectivity index (χ4v) is 2.05. The van der Waals surface area contributed by atoms with Crippen LogP contribution >= 0.6 is 0 Å². The summed E-state index contributed by atoms with van der Waals surface area (Å²) in [6.45, 7) is 0. The van der Waals surface area contributed by atoms with Crippen LogP contribution in [0, 0.1) is 0 Å². The quantitative estimate of drug-likeness (QED) is 0.738. The van der Waals surface area contributed by atoms with Gasteiger partial charge in [-0.05, 0) is 46.5 Å². The summed E-state index contributed by atoms with van der Waals surface area (Å²) in [5.41, 5.74) is 4.56. The third-order valence-electron chi connectivity index (χ3n) is 3.10. The summed E-state index contributed by atoms with van der Waals surface area (Å²) in [6, 6.07) is 19.6. The van der Waals surface area contributed by atoms with Gasteiger partial charge in [0.1, 0.15) is 5.75 Å². The molecule has 0 aliphatic heterocycles. The molecule has 3 rings (SSSR count). The lowest BCUT2D eigenvalue weighted by atomic mass is 10.0. The van der Waals surface area contributed by atoms with Gasteiger partial charge in [0.15, 0.2) is 0 Å². The summed E-state index contributed by atoms with van der Waals surface area (Å²) in [7, 11) is 0. The number of hydrogen-bond donors (Lipinski definition) is 1. The van der Waals surface area contributed by atoms with Crippen LogP contribution < -0.4 is 0 Å². The second-order valence-electron chi connectivity index (χ2n) is 4.36. The number of aromatic nitrogens is 1. The lowest BCUT2D eigenvalue weighted by Crippen LogP contribution is -1.80. The third kappa shape index (κ3) is 2.47. The molecule has 0 aliphatic carbocycles. The van der Waals surface area contributed by atoms with E-state index in [2.05, 4.69) is 29.2 Å². The van der Waals surface area contributed by atoms with E-state index in [1.807, 2.05) is 24.3 Å². The van der Waals surface area contributed by atoms with Gasteiger partial charge in [0.25, 0.3) is 0 Å². The monoisotopic (exact) mass is 247 g/mol. The summed E-state index contributed by atoms with van der Waals surface area (Å²) >= 11 is 0. The Morgan fingerprint density at radius 1 is 0.526 bits per heavy atom. The molecule has 0 unspecified atom stereocenters. The summed E-state index contributed by atoms with van der Waals surface area (Å²) < 4.78 is 0. The Hall–Kier alpha value is -2.61. The van der Waals surface area contributed by atoms with Crippen molar-refractivity contribution in [3.05, 3.63) is 73.1 Å². The molecule has 1 N–H and O–H groups in total. The Balaban J connectivity index is 1.93. The average Bonchev–Trinajstić information content (AvgIpc) is 2.49. The van der Waals surface area contributed by atoms with Gasteiger partial charge in [0.05, 0.1) is 0 Å². The zero-order valence-corrected chi connectivity index (χ0v) is 10.3. The Labute approximate surface area is 112 Å². The molecule has 0 spiro atoms. The van der Waals surface area contributed by atoms with Gasteiger partial charge in [0, 0.05) is 12.4 Å². The van der Waals surface area contributed by atoms with Gasteiger partial charge in [-0.3, -0.25) is 4.98 Å². The van der Waals surface area contributed by atoms with Gasteiger partial charge in [-0.1, -0.05) is 36.4 Å². The SMILES string of the molecule is Oc1ccc(-c2ccc(-c3ccncc3)cc2)cc1. The number of hydrogen-bond acceptors (Lipinski definition) is 2. The van der Waals surface area contributed by atoms with E-state index in [1.54, 1.807) is 24.5 Å². The van der Waals surface area contributed by atoms with Crippen molar-refractivity contribution >= 4 is 0 Å². The standard InChI is InChI=1S/C17H13NO/c19-17-7-5-15(6-8-17)13-1-3-14(4-2-13)16-9-11-18-12-10-16/h1-12,19H. The van der Waals surface area contributed by atoms with Crippen molar-refractivity contribution in [3.8, 4) is 28.0 Å². The van der Waals surface area contributed by atoms with Crippen molar-refractivity contribution in [2.75, 3.05) is 0 Å². The van der Waals surface area contributed by atoms with Crippen LogP contribution in [0.25, 0.3) is 22.3 Å². The maximum absolute atomic E-state index is 9.29. The Morgan fingerprint density at radius 3 is 1.37 bits per heavy atom. The molecule has 0 fully saturated rings. The molecular weight excluding hydrogens is 234 g/mol. The molecule has 1 aromatic heterocycles. The lowest BCUT2D eigenvalue weighted by Gasteiger charge is -2.05. The molecule has 0 radical (unpaired) electrons. The fourth-order valence-electron chi connectivity index (χ4n) is 2.05. The van der Waals surface area contributed by atoms with Gasteiger partial charge in [-0.15, -0.1) is 0 Å². The number of rotatable bonds is 2. The second-order valence-corrected chi connectivity index (χ2v) is 4.36. The highest BCUT2D eigenvalue weighted by Crippen LogP contribution is 2.25. The molecule has 3 aromatic rings. The minimum Gasteiger partial charge on any atom is -0.508 e. The first-order chi connectivity index (χ1) is 9.33. The summed E-state index contributed by atoms with van der Waals surface area (Å²) in [5, 5.41) is 9.29. The zero-order chi connectivity index (χ0) is 13.1. The van der Waals surface area contributed by atoms with Crippen molar-refractivity contribution in [1.29, 1.82) is 0 Å². The van der Waals surface area contributed by atoms with E-state index in [9.17, 15) is 5.11 Å². The highest BCUT2D eigenvalue weighted by atomic mass is 16.3. The first-order valence-corrected chi connectivity index (χ1v) is 6.13. The predicted molar refractivity (Wildman–Crippen MR) is 76.8 cm³/mol.